The number of carbonyl (C=O) groups is 2. The Hall–Kier alpha value is -3.02. The summed E-state index contributed by atoms with van der Waals surface area (Å²) in [5.74, 6) is 1.10. The highest BCUT2D eigenvalue weighted by molar-refractivity contribution is 5.97. The fraction of sp³-hybridized carbons (Fsp3) is 0.263. The molecule has 6 heteroatoms. The van der Waals surface area contributed by atoms with Crippen LogP contribution in [0.1, 0.15) is 22.3 Å². The van der Waals surface area contributed by atoms with E-state index >= 15 is 0 Å². The third-order valence-electron chi connectivity index (χ3n) is 3.74. The first kappa shape index (κ1) is 18.3. The largest absolute Gasteiger partial charge is 0.497 e. The summed E-state index contributed by atoms with van der Waals surface area (Å²) in [6, 6.07) is 12.3. The fourth-order valence-electron chi connectivity index (χ4n) is 2.43. The Balaban J connectivity index is 2.00. The summed E-state index contributed by atoms with van der Waals surface area (Å²) in [5.41, 5.74) is 1.98. The summed E-state index contributed by atoms with van der Waals surface area (Å²) in [7, 11) is 4.75. The molecule has 0 bridgehead atoms. The molecule has 0 aliphatic carbocycles. The van der Waals surface area contributed by atoms with Gasteiger partial charge >= 0.3 is 0 Å². The van der Waals surface area contributed by atoms with Crippen molar-refractivity contribution in [1.29, 1.82) is 0 Å². The monoisotopic (exact) mass is 342 g/mol. The molecule has 0 aromatic heterocycles. The van der Waals surface area contributed by atoms with E-state index in [1.165, 1.54) is 0 Å². The maximum absolute atomic E-state index is 12.2. The van der Waals surface area contributed by atoms with Gasteiger partial charge in [0.15, 0.2) is 0 Å². The van der Waals surface area contributed by atoms with Crippen molar-refractivity contribution < 1.29 is 19.1 Å². The summed E-state index contributed by atoms with van der Waals surface area (Å²) in [6.07, 6.45) is 0.801. The lowest BCUT2D eigenvalue weighted by atomic mass is 10.1. The number of hydrogen-bond acceptors (Lipinski definition) is 4. The molecular formula is C19H22N2O4. The molecule has 0 radical (unpaired) electrons. The number of nitrogens with one attached hydrogen (secondary N) is 2. The van der Waals surface area contributed by atoms with Crippen LogP contribution in [0.25, 0.3) is 0 Å². The molecule has 0 aliphatic rings. The van der Waals surface area contributed by atoms with Crippen molar-refractivity contribution in [2.75, 3.05) is 26.6 Å². The second-order valence-electron chi connectivity index (χ2n) is 5.39. The first-order valence-corrected chi connectivity index (χ1v) is 7.90. The maximum atomic E-state index is 12.2. The molecule has 0 saturated heterocycles. The molecule has 0 aliphatic heterocycles. The number of ether oxygens (including phenoxy) is 2. The van der Waals surface area contributed by atoms with E-state index in [-0.39, 0.29) is 18.2 Å². The highest BCUT2D eigenvalue weighted by Crippen LogP contribution is 2.25. The van der Waals surface area contributed by atoms with Crippen LogP contribution < -0.4 is 20.1 Å². The molecule has 2 N–H and O–H groups in total. The van der Waals surface area contributed by atoms with Gasteiger partial charge in [-0.05, 0) is 48.4 Å². The smallest absolute Gasteiger partial charge is 0.251 e. The zero-order valence-electron chi connectivity index (χ0n) is 14.6. The van der Waals surface area contributed by atoms with Gasteiger partial charge in [-0.1, -0.05) is 6.07 Å². The number of aryl methyl sites for hydroxylation is 1. The average molecular weight is 342 g/mol. The molecule has 0 heterocycles. The predicted molar refractivity (Wildman–Crippen MR) is 96.3 cm³/mol. The Labute approximate surface area is 147 Å². The summed E-state index contributed by atoms with van der Waals surface area (Å²) in [6.45, 7) is 0. The second-order valence-corrected chi connectivity index (χ2v) is 5.39. The van der Waals surface area contributed by atoms with E-state index < -0.39 is 0 Å². The molecule has 25 heavy (non-hydrogen) atoms. The third kappa shape index (κ3) is 4.97. The van der Waals surface area contributed by atoms with Crippen LogP contribution in [0.5, 0.6) is 11.5 Å². The molecule has 2 aromatic carbocycles. The number of benzene rings is 2. The highest BCUT2D eigenvalue weighted by atomic mass is 16.5. The first-order chi connectivity index (χ1) is 12.1. The minimum Gasteiger partial charge on any atom is -0.497 e. The first-order valence-electron chi connectivity index (χ1n) is 7.90. The Morgan fingerprint density at radius 3 is 2.52 bits per heavy atom. The van der Waals surface area contributed by atoms with E-state index in [0.29, 0.717) is 17.7 Å². The molecule has 0 spiro atoms. The van der Waals surface area contributed by atoms with Crippen molar-refractivity contribution in [2.24, 2.45) is 0 Å². The van der Waals surface area contributed by atoms with Gasteiger partial charge in [0.05, 0.1) is 14.2 Å². The normalized spacial score (nSPS) is 10.0. The van der Waals surface area contributed by atoms with Crippen LogP contribution in [0.15, 0.2) is 42.5 Å². The van der Waals surface area contributed by atoms with Gasteiger partial charge in [0.2, 0.25) is 5.91 Å². The number of methoxy groups -OCH3 is 2. The van der Waals surface area contributed by atoms with Crippen molar-refractivity contribution in [3.05, 3.63) is 53.6 Å². The lowest BCUT2D eigenvalue weighted by Crippen LogP contribution is -2.18. The van der Waals surface area contributed by atoms with Crippen molar-refractivity contribution in [3.8, 4) is 11.5 Å². The van der Waals surface area contributed by atoms with Crippen molar-refractivity contribution in [2.45, 2.75) is 12.8 Å². The Bertz CT molecular complexity index is 759. The van der Waals surface area contributed by atoms with Crippen LogP contribution in [-0.2, 0) is 11.2 Å². The van der Waals surface area contributed by atoms with Crippen LogP contribution in [0.2, 0.25) is 0 Å². The minimum absolute atomic E-state index is 0.140. The molecule has 0 saturated carbocycles. The summed E-state index contributed by atoms with van der Waals surface area (Å²) >= 11 is 0. The Morgan fingerprint density at radius 1 is 1.04 bits per heavy atom. The van der Waals surface area contributed by atoms with Crippen LogP contribution in [0.4, 0.5) is 5.69 Å². The van der Waals surface area contributed by atoms with Gasteiger partial charge < -0.3 is 20.1 Å². The predicted octanol–water partition coefficient (Wildman–Crippen LogP) is 2.63. The van der Waals surface area contributed by atoms with Gasteiger partial charge in [0.25, 0.3) is 5.91 Å². The molecule has 0 fully saturated rings. The van der Waals surface area contributed by atoms with E-state index in [2.05, 4.69) is 10.6 Å². The number of carbonyl (C=O) groups excluding carboxylic acids is 2. The Kier molecular flexibility index (Phi) is 6.39. The number of amides is 2. The van der Waals surface area contributed by atoms with Crippen LogP contribution in [-0.4, -0.2) is 33.1 Å². The maximum Gasteiger partial charge on any atom is 0.251 e. The topological polar surface area (TPSA) is 76.7 Å². The zero-order chi connectivity index (χ0) is 18.2. The molecular weight excluding hydrogens is 320 g/mol. The fourth-order valence-corrected chi connectivity index (χ4v) is 2.43. The quantitative estimate of drug-likeness (QED) is 0.811. The van der Waals surface area contributed by atoms with Crippen molar-refractivity contribution >= 4 is 17.5 Å². The number of rotatable bonds is 7. The number of anilines is 1. The zero-order valence-corrected chi connectivity index (χ0v) is 14.6. The molecule has 6 nitrogen and oxygen atoms in total. The van der Waals surface area contributed by atoms with E-state index in [0.717, 1.165) is 17.1 Å². The lowest BCUT2D eigenvalue weighted by Gasteiger charge is -2.11. The lowest BCUT2D eigenvalue weighted by molar-refractivity contribution is -0.116. The summed E-state index contributed by atoms with van der Waals surface area (Å²) < 4.78 is 10.5. The van der Waals surface area contributed by atoms with E-state index in [1.54, 1.807) is 45.5 Å². The van der Waals surface area contributed by atoms with Crippen LogP contribution >= 0.6 is 0 Å². The highest BCUT2D eigenvalue weighted by Gasteiger charge is 2.10. The van der Waals surface area contributed by atoms with Crippen LogP contribution in [0, 0.1) is 0 Å². The van der Waals surface area contributed by atoms with Gasteiger partial charge in [-0.25, -0.2) is 0 Å². The van der Waals surface area contributed by atoms with E-state index in [1.807, 2.05) is 18.2 Å². The molecule has 2 aromatic rings. The Morgan fingerprint density at radius 2 is 1.84 bits per heavy atom. The minimum atomic E-state index is -0.197. The van der Waals surface area contributed by atoms with Crippen molar-refractivity contribution in [3.63, 3.8) is 0 Å². The van der Waals surface area contributed by atoms with Gasteiger partial charge in [-0.15, -0.1) is 0 Å². The van der Waals surface area contributed by atoms with Crippen LogP contribution in [0.3, 0.4) is 0 Å². The second kappa shape index (κ2) is 8.73. The average Bonchev–Trinajstić information content (AvgIpc) is 2.65. The molecule has 132 valence electrons. The van der Waals surface area contributed by atoms with Crippen molar-refractivity contribution in [1.82, 2.24) is 5.32 Å². The SMILES string of the molecule is CNC(=O)c1cccc(NC(=O)CCc2cc(OC)ccc2OC)c1. The van der Waals surface area contributed by atoms with E-state index in [9.17, 15) is 9.59 Å². The standard InChI is InChI=1S/C19H22N2O4/c1-20-19(23)14-5-4-6-15(11-14)21-18(22)10-7-13-12-16(24-2)8-9-17(13)25-3/h4-6,8-9,11-12H,7,10H2,1-3H3,(H,20,23)(H,21,22). The van der Waals surface area contributed by atoms with E-state index in [4.69, 9.17) is 9.47 Å². The summed E-state index contributed by atoms with van der Waals surface area (Å²) in [5, 5.41) is 5.36. The van der Waals surface area contributed by atoms with Gasteiger partial charge in [-0.3, -0.25) is 9.59 Å². The molecule has 0 atom stereocenters. The third-order valence-corrected chi connectivity index (χ3v) is 3.74. The van der Waals surface area contributed by atoms with Gasteiger partial charge in [-0.2, -0.15) is 0 Å². The summed E-state index contributed by atoms with van der Waals surface area (Å²) in [4.78, 5) is 23.9. The molecule has 2 amide bonds. The van der Waals surface area contributed by atoms with Gasteiger partial charge in [0, 0.05) is 24.7 Å². The number of hydrogen-bond donors (Lipinski definition) is 2. The molecule has 0 unspecified atom stereocenters. The molecule has 2 rings (SSSR count). The van der Waals surface area contributed by atoms with Gasteiger partial charge in [0.1, 0.15) is 11.5 Å².